The molecule has 0 aliphatic carbocycles. The molecule has 4 heteroatoms. The molecule has 86 valence electrons. The lowest BCUT2D eigenvalue weighted by atomic mass is 10.2. The lowest BCUT2D eigenvalue weighted by Gasteiger charge is -1.97. The lowest BCUT2D eigenvalue weighted by Crippen LogP contribution is -1.88. The normalized spacial score (nSPS) is 11.0. The number of aliphatic imine (C=N–C) groups is 1. The fourth-order valence-electron chi connectivity index (χ4n) is 1.28. The van der Waals surface area contributed by atoms with E-state index in [4.69, 9.17) is 11.6 Å². The van der Waals surface area contributed by atoms with Crippen molar-refractivity contribution in [2.24, 2.45) is 4.99 Å². The molecule has 0 unspecified atom stereocenters. The van der Waals surface area contributed by atoms with Crippen molar-refractivity contribution < 1.29 is 8.78 Å². The minimum absolute atomic E-state index is 0.237. The van der Waals surface area contributed by atoms with Crippen molar-refractivity contribution in [3.63, 3.8) is 0 Å². The van der Waals surface area contributed by atoms with Gasteiger partial charge < -0.3 is 0 Å². The van der Waals surface area contributed by atoms with Crippen LogP contribution in [-0.2, 0) is 0 Å². The summed E-state index contributed by atoms with van der Waals surface area (Å²) in [6.07, 6.45) is 1.35. The minimum Gasteiger partial charge on any atom is -0.256 e. The average molecular weight is 252 g/mol. The van der Waals surface area contributed by atoms with E-state index in [-0.39, 0.29) is 5.56 Å². The van der Waals surface area contributed by atoms with E-state index < -0.39 is 11.6 Å². The summed E-state index contributed by atoms with van der Waals surface area (Å²) in [5.74, 6) is -1.24. The molecule has 0 atom stereocenters. The van der Waals surface area contributed by atoms with Gasteiger partial charge in [0.25, 0.3) is 0 Å². The molecule has 0 saturated heterocycles. The molecule has 17 heavy (non-hydrogen) atoms. The van der Waals surface area contributed by atoms with Crippen molar-refractivity contribution in [1.29, 1.82) is 0 Å². The SMILES string of the molecule is Fc1ccc(/C=N/c2ccc(Cl)cc2)c(F)c1. The van der Waals surface area contributed by atoms with E-state index in [9.17, 15) is 8.78 Å². The van der Waals surface area contributed by atoms with Gasteiger partial charge in [-0.1, -0.05) is 11.6 Å². The molecule has 0 N–H and O–H groups in total. The molecule has 0 spiro atoms. The first-order valence-electron chi connectivity index (χ1n) is 4.90. The summed E-state index contributed by atoms with van der Waals surface area (Å²) in [4.78, 5) is 4.06. The third-order valence-corrected chi connectivity index (χ3v) is 2.39. The van der Waals surface area contributed by atoms with E-state index in [0.29, 0.717) is 10.7 Å². The molecular formula is C13H8ClF2N. The van der Waals surface area contributed by atoms with E-state index >= 15 is 0 Å². The number of hydrogen-bond donors (Lipinski definition) is 0. The van der Waals surface area contributed by atoms with Crippen LogP contribution < -0.4 is 0 Å². The Kier molecular flexibility index (Phi) is 3.49. The highest BCUT2D eigenvalue weighted by atomic mass is 35.5. The van der Waals surface area contributed by atoms with Crippen molar-refractivity contribution >= 4 is 23.5 Å². The maximum atomic E-state index is 13.3. The standard InChI is InChI=1S/C13H8ClF2N/c14-10-2-5-12(6-3-10)17-8-9-1-4-11(15)7-13(9)16/h1-8H/b17-8+. The summed E-state index contributed by atoms with van der Waals surface area (Å²) in [5.41, 5.74) is 0.888. The molecule has 0 amide bonds. The Morgan fingerprint density at radius 3 is 2.35 bits per heavy atom. The molecule has 0 fully saturated rings. The highest BCUT2D eigenvalue weighted by Crippen LogP contribution is 2.16. The summed E-state index contributed by atoms with van der Waals surface area (Å²) in [6.45, 7) is 0. The van der Waals surface area contributed by atoms with Gasteiger partial charge in [-0.05, 0) is 36.4 Å². The second kappa shape index (κ2) is 5.06. The van der Waals surface area contributed by atoms with Gasteiger partial charge >= 0.3 is 0 Å². The second-order valence-corrected chi connectivity index (χ2v) is 3.84. The van der Waals surface area contributed by atoms with Crippen molar-refractivity contribution in [2.45, 2.75) is 0 Å². The van der Waals surface area contributed by atoms with Crippen LogP contribution >= 0.6 is 11.6 Å². The summed E-state index contributed by atoms with van der Waals surface area (Å²) >= 11 is 5.72. The van der Waals surface area contributed by atoms with Crippen molar-refractivity contribution in [1.82, 2.24) is 0 Å². The van der Waals surface area contributed by atoms with Crippen LogP contribution in [0.1, 0.15) is 5.56 Å². The highest BCUT2D eigenvalue weighted by Gasteiger charge is 2.00. The summed E-state index contributed by atoms with van der Waals surface area (Å²) < 4.78 is 25.9. The fraction of sp³-hybridized carbons (Fsp3) is 0. The Balaban J connectivity index is 2.23. The Morgan fingerprint density at radius 1 is 1.00 bits per heavy atom. The summed E-state index contributed by atoms with van der Waals surface area (Å²) in [5, 5.41) is 0.608. The summed E-state index contributed by atoms with van der Waals surface area (Å²) in [7, 11) is 0. The molecule has 0 saturated carbocycles. The Hall–Kier alpha value is -1.74. The predicted octanol–water partition coefficient (Wildman–Crippen LogP) is 4.37. The van der Waals surface area contributed by atoms with Crippen LogP contribution in [0.4, 0.5) is 14.5 Å². The zero-order chi connectivity index (χ0) is 12.3. The van der Waals surface area contributed by atoms with E-state index in [0.717, 1.165) is 6.07 Å². The molecule has 1 nitrogen and oxygen atoms in total. The van der Waals surface area contributed by atoms with Gasteiger partial charge in [0.15, 0.2) is 0 Å². The monoisotopic (exact) mass is 251 g/mol. The first kappa shape index (κ1) is 11.7. The van der Waals surface area contributed by atoms with Crippen LogP contribution in [0.5, 0.6) is 0 Å². The molecule has 0 aliphatic rings. The topological polar surface area (TPSA) is 12.4 Å². The van der Waals surface area contributed by atoms with Gasteiger partial charge in [-0.3, -0.25) is 4.99 Å². The molecule has 0 radical (unpaired) electrons. The largest absolute Gasteiger partial charge is 0.256 e. The van der Waals surface area contributed by atoms with Crippen LogP contribution in [-0.4, -0.2) is 6.21 Å². The predicted molar refractivity (Wildman–Crippen MR) is 65.1 cm³/mol. The number of nitrogens with zero attached hydrogens (tertiary/aromatic N) is 1. The van der Waals surface area contributed by atoms with Crippen molar-refractivity contribution in [3.8, 4) is 0 Å². The highest BCUT2D eigenvalue weighted by molar-refractivity contribution is 6.30. The van der Waals surface area contributed by atoms with Crippen LogP contribution in [0.2, 0.25) is 5.02 Å². The van der Waals surface area contributed by atoms with Crippen LogP contribution in [0.25, 0.3) is 0 Å². The van der Waals surface area contributed by atoms with Gasteiger partial charge in [0.1, 0.15) is 11.6 Å². The molecule has 2 aromatic rings. The second-order valence-electron chi connectivity index (χ2n) is 3.40. The van der Waals surface area contributed by atoms with Crippen molar-refractivity contribution in [2.75, 3.05) is 0 Å². The Labute approximate surface area is 102 Å². The third-order valence-electron chi connectivity index (χ3n) is 2.14. The van der Waals surface area contributed by atoms with Gasteiger partial charge in [0.05, 0.1) is 5.69 Å². The molecule has 2 aromatic carbocycles. The zero-order valence-electron chi connectivity index (χ0n) is 8.70. The van der Waals surface area contributed by atoms with E-state index in [2.05, 4.69) is 4.99 Å². The van der Waals surface area contributed by atoms with Gasteiger partial charge in [0, 0.05) is 22.9 Å². The number of halogens is 3. The van der Waals surface area contributed by atoms with Gasteiger partial charge in [-0.15, -0.1) is 0 Å². The van der Waals surface area contributed by atoms with Gasteiger partial charge in [-0.2, -0.15) is 0 Å². The van der Waals surface area contributed by atoms with Crippen LogP contribution in [0, 0.1) is 11.6 Å². The van der Waals surface area contributed by atoms with Crippen LogP contribution in [0.15, 0.2) is 47.5 Å². The average Bonchev–Trinajstić information content (AvgIpc) is 2.30. The van der Waals surface area contributed by atoms with Crippen LogP contribution in [0.3, 0.4) is 0 Å². The van der Waals surface area contributed by atoms with Crippen molar-refractivity contribution in [3.05, 3.63) is 64.7 Å². The minimum atomic E-state index is -0.636. The van der Waals surface area contributed by atoms with E-state index in [1.54, 1.807) is 24.3 Å². The number of rotatable bonds is 2. The van der Waals surface area contributed by atoms with E-state index in [1.807, 2.05) is 0 Å². The molecule has 0 bridgehead atoms. The first-order valence-corrected chi connectivity index (χ1v) is 5.27. The Bertz CT molecular complexity index is 550. The third kappa shape index (κ3) is 3.11. The zero-order valence-corrected chi connectivity index (χ0v) is 9.46. The van der Waals surface area contributed by atoms with Gasteiger partial charge in [0.2, 0.25) is 0 Å². The quantitative estimate of drug-likeness (QED) is 0.703. The molecule has 0 aromatic heterocycles. The number of benzene rings is 2. The molecule has 0 aliphatic heterocycles. The maximum absolute atomic E-state index is 13.3. The number of hydrogen-bond acceptors (Lipinski definition) is 1. The first-order chi connectivity index (χ1) is 8.15. The Morgan fingerprint density at radius 2 is 1.71 bits per heavy atom. The fourth-order valence-corrected chi connectivity index (χ4v) is 1.40. The maximum Gasteiger partial charge on any atom is 0.134 e. The van der Waals surface area contributed by atoms with Gasteiger partial charge in [-0.25, -0.2) is 8.78 Å². The smallest absolute Gasteiger partial charge is 0.134 e. The lowest BCUT2D eigenvalue weighted by molar-refractivity contribution is 0.582. The molecular weight excluding hydrogens is 244 g/mol. The molecule has 0 heterocycles. The molecule has 2 rings (SSSR count). The van der Waals surface area contributed by atoms with E-state index in [1.165, 1.54) is 18.3 Å². The summed E-state index contributed by atoms with van der Waals surface area (Å²) in [6, 6.07) is 10.1.